The molecule has 6 heteroatoms. The first-order valence-corrected chi connectivity index (χ1v) is 6.30. The minimum atomic E-state index is -0.437. The summed E-state index contributed by atoms with van der Waals surface area (Å²) in [7, 11) is 0. The number of aliphatic hydroxyl groups excluding tert-OH is 1. The number of H-pyrrole nitrogens is 1. The fourth-order valence-corrected chi connectivity index (χ4v) is 2.36. The zero-order valence-electron chi connectivity index (χ0n) is 10.6. The molecule has 2 aromatic rings. The second kappa shape index (κ2) is 4.64. The minimum Gasteiger partial charge on any atom is -0.392 e. The van der Waals surface area contributed by atoms with Gasteiger partial charge in [0.05, 0.1) is 23.2 Å². The molecular weight excluding hydrogens is 244 g/mol. The third-order valence-electron chi connectivity index (χ3n) is 3.29. The highest BCUT2D eigenvalue weighted by molar-refractivity contribution is 5.96. The number of carbonyl (C=O) groups is 1. The number of anilines is 1. The van der Waals surface area contributed by atoms with E-state index in [0.29, 0.717) is 13.0 Å². The fourth-order valence-electron chi connectivity index (χ4n) is 2.36. The maximum Gasteiger partial charge on any atom is 0.241 e. The number of aryl methyl sites for hydroxylation is 1. The molecule has 3 rings (SSSR count). The van der Waals surface area contributed by atoms with Crippen LogP contribution in [-0.2, 0) is 4.79 Å². The van der Waals surface area contributed by atoms with Gasteiger partial charge in [0.2, 0.25) is 5.91 Å². The van der Waals surface area contributed by atoms with Crippen LogP contribution in [0.15, 0.2) is 18.2 Å². The average molecular weight is 260 g/mol. The Kier molecular flexibility index (Phi) is 2.96. The number of carbonyl (C=O) groups excluding carboxylic acids is 1. The quantitative estimate of drug-likeness (QED) is 0.634. The summed E-state index contributed by atoms with van der Waals surface area (Å²) in [6.45, 7) is 2.36. The van der Waals surface area contributed by atoms with E-state index in [1.54, 1.807) is 0 Å². The van der Waals surface area contributed by atoms with Crippen molar-refractivity contribution in [3.63, 3.8) is 0 Å². The van der Waals surface area contributed by atoms with E-state index in [1.165, 1.54) is 0 Å². The number of fused-ring (bicyclic) bond motifs is 1. The number of hydrogen-bond donors (Lipinski definition) is 4. The number of nitrogens with zero attached hydrogens (tertiary/aromatic N) is 1. The van der Waals surface area contributed by atoms with Crippen molar-refractivity contribution < 1.29 is 9.90 Å². The van der Waals surface area contributed by atoms with E-state index in [9.17, 15) is 9.90 Å². The lowest BCUT2D eigenvalue weighted by Gasteiger charge is -2.10. The van der Waals surface area contributed by atoms with Gasteiger partial charge < -0.3 is 20.7 Å². The van der Waals surface area contributed by atoms with E-state index < -0.39 is 6.10 Å². The number of amides is 1. The average Bonchev–Trinajstić information content (AvgIpc) is 2.93. The van der Waals surface area contributed by atoms with E-state index >= 15 is 0 Å². The molecule has 0 spiro atoms. The Morgan fingerprint density at radius 1 is 1.53 bits per heavy atom. The molecule has 6 nitrogen and oxygen atoms in total. The molecule has 0 aliphatic carbocycles. The third kappa shape index (κ3) is 2.45. The van der Waals surface area contributed by atoms with Crippen molar-refractivity contribution in [3.05, 3.63) is 24.0 Å². The Balaban J connectivity index is 1.75. The largest absolute Gasteiger partial charge is 0.392 e. The molecule has 1 aromatic carbocycles. The Morgan fingerprint density at radius 2 is 2.37 bits per heavy atom. The molecule has 1 aromatic heterocycles. The lowest BCUT2D eigenvalue weighted by Crippen LogP contribution is -2.35. The summed E-state index contributed by atoms with van der Waals surface area (Å²) >= 11 is 0. The summed E-state index contributed by atoms with van der Waals surface area (Å²) in [6, 6.07) is 5.23. The van der Waals surface area contributed by atoms with Crippen LogP contribution in [0.25, 0.3) is 11.0 Å². The van der Waals surface area contributed by atoms with Gasteiger partial charge in [0.15, 0.2) is 0 Å². The molecule has 0 radical (unpaired) electrons. The molecular formula is C13H16N4O2. The maximum absolute atomic E-state index is 12.0. The topological polar surface area (TPSA) is 90.0 Å². The van der Waals surface area contributed by atoms with E-state index in [2.05, 4.69) is 20.6 Å². The van der Waals surface area contributed by atoms with Crippen molar-refractivity contribution in [1.82, 2.24) is 15.3 Å². The van der Waals surface area contributed by atoms with Crippen molar-refractivity contribution in [2.75, 3.05) is 11.9 Å². The molecule has 1 aliphatic heterocycles. The van der Waals surface area contributed by atoms with Gasteiger partial charge in [-0.2, -0.15) is 0 Å². The monoisotopic (exact) mass is 260 g/mol. The van der Waals surface area contributed by atoms with Crippen LogP contribution in [-0.4, -0.2) is 39.7 Å². The third-order valence-corrected chi connectivity index (χ3v) is 3.29. The number of β-amino-alcohol motifs (C(OH)–C–C–N with tert-alkyl or cyclic N) is 1. The van der Waals surface area contributed by atoms with Crippen molar-refractivity contribution >= 4 is 22.6 Å². The second-order valence-corrected chi connectivity index (χ2v) is 4.89. The summed E-state index contributed by atoms with van der Waals surface area (Å²) in [5.41, 5.74) is 2.50. The van der Waals surface area contributed by atoms with Crippen molar-refractivity contribution in [3.8, 4) is 0 Å². The highest BCUT2D eigenvalue weighted by Gasteiger charge is 2.27. The number of hydrogen-bond acceptors (Lipinski definition) is 4. The zero-order valence-corrected chi connectivity index (χ0v) is 10.6. The van der Waals surface area contributed by atoms with Crippen LogP contribution < -0.4 is 10.6 Å². The van der Waals surface area contributed by atoms with E-state index in [0.717, 1.165) is 22.5 Å². The van der Waals surface area contributed by atoms with E-state index in [4.69, 9.17) is 0 Å². The zero-order chi connectivity index (χ0) is 13.4. The van der Waals surface area contributed by atoms with Gasteiger partial charge in [0.1, 0.15) is 5.82 Å². The number of aromatic amines is 1. The van der Waals surface area contributed by atoms with Crippen molar-refractivity contribution in [1.29, 1.82) is 0 Å². The molecule has 100 valence electrons. The molecule has 2 unspecified atom stereocenters. The molecule has 1 aliphatic rings. The standard InChI is InChI=1S/C13H16N4O2/c1-7-15-10-3-2-8(4-11(10)16-7)17-13(19)12-5-9(18)6-14-12/h2-4,9,12,14,18H,5-6H2,1H3,(H,15,16)(H,17,19). The number of aromatic nitrogens is 2. The molecule has 2 heterocycles. The summed E-state index contributed by atoms with van der Waals surface area (Å²) in [6.07, 6.45) is 0.0190. The maximum atomic E-state index is 12.0. The van der Waals surface area contributed by atoms with Crippen LogP contribution in [0.4, 0.5) is 5.69 Å². The molecule has 1 saturated heterocycles. The fraction of sp³-hybridized carbons (Fsp3) is 0.385. The van der Waals surface area contributed by atoms with Crippen LogP contribution in [0.3, 0.4) is 0 Å². The first kappa shape index (κ1) is 12.1. The molecule has 4 N–H and O–H groups in total. The van der Waals surface area contributed by atoms with Gasteiger partial charge in [-0.15, -0.1) is 0 Å². The van der Waals surface area contributed by atoms with Crippen LogP contribution >= 0.6 is 0 Å². The lowest BCUT2D eigenvalue weighted by molar-refractivity contribution is -0.117. The number of nitrogens with one attached hydrogen (secondary N) is 3. The number of benzene rings is 1. The van der Waals surface area contributed by atoms with Crippen LogP contribution in [0, 0.1) is 6.92 Å². The SMILES string of the molecule is Cc1nc2ccc(NC(=O)C3CC(O)CN3)cc2[nH]1. The van der Waals surface area contributed by atoms with E-state index in [-0.39, 0.29) is 11.9 Å². The van der Waals surface area contributed by atoms with Gasteiger partial charge in [-0.1, -0.05) is 0 Å². The van der Waals surface area contributed by atoms with Crippen LogP contribution in [0.2, 0.25) is 0 Å². The summed E-state index contributed by atoms with van der Waals surface area (Å²) in [5, 5.41) is 15.2. The van der Waals surface area contributed by atoms with Gasteiger partial charge in [-0.3, -0.25) is 4.79 Å². The second-order valence-electron chi connectivity index (χ2n) is 4.89. The predicted molar refractivity (Wildman–Crippen MR) is 71.9 cm³/mol. The molecule has 0 saturated carbocycles. The summed E-state index contributed by atoms with van der Waals surface area (Å²) in [5.74, 6) is 0.728. The Bertz CT molecular complexity index is 622. The van der Waals surface area contributed by atoms with Gasteiger partial charge in [-0.05, 0) is 31.5 Å². The van der Waals surface area contributed by atoms with Crippen molar-refractivity contribution in [2.45, 2.75) is 25.5 Å². The van der Waals surface area contributed by atoms with Gasteiger partial charge >= 0.3 is 0 Å². The Labute approximate surface area is 110 Å². The first-order chi connectivity index (χ1) is 9.11. The number of imidazole rings is 1. The predicted octanol–water partition coefficient (Wildman–Crippen LogP) is 0.533. The van der Waals surface area contributed by atoms with E-state index in [1.807, 2.05) is 25.1 Å². The van der Waals surface area contributed by atoms with Crippen LogP contribution in [0.1, 0.15) is 12.2 Å². The van der Waals surface area contributed by atoms with Crippen molar-refractivity contribution in [2.24, 2.45) is 0 Å². The molecule has 2 atom stereocenters. The number of rotatable bonds is 2. The summed E-state index contributed by atoms with van der Waals surface area (Å²) < 4.78 is 0. The molecule has 1 amide bonds. The van der Waals surface area contributed by atoms with Crippen LogP contribution in [0.5, 0.6) is 0 Å². The van der Waals surface area contributed by atoms with Gasteiger partial charge in [-0.25, -0.2) is 4.98 Å². The van der Waals surface area contributed by atoms with Gasteiger partial charge in [0, 0.05) is 12.2 Å². The molecule has 1 fully saturated rings. The normalized spacial score (nSPS) is 22.8. The minimum absolute atomic E-state index is 0.118. The molecule has 19 heavy (non-hydrogen) atoms. The highest BCUT2D eigenvalue weighted by atomic mass is 16.3. The first-order valence-electron chi connectivity index (χ1n) is 6.30. The number of aliphatic hydroxyl groups is 1. The smallest absolute Gasteiger partial charge is 0.241 e. The van der Waals surface area contributed by atoms with Gasteiger partial charge in [0.25, 0.3) is 0 Å². The Morgan fingerprint density at radius 3 is 3.11 bits per heavy atom. The highest BCUT2D eigenvalue weighted by Crippen LogP contribution is 2.18. The Hall–Kier alpha value is -1.92. The molecule has 0 bridgehead atoms. The lowest BCUT2D eigenvalue weighted by atomic mass is 10.2. The summed E-state index contributed by atoms with van der Waals surface area (Å²) in [4.78, 5) is 19.4.